The van der Waals surface area contributed by atoms with E-state index in [1.54, 1.807) is 7.11 Å². The predicted molar refractivity (Wildman–Crippen MR) is 35.6 cm³/mol. The number of hydrogen-bond donors (Lipinski definition) is 0. The molecule has 0 rings (SSSR count). The van der Waals surface area contributed by atoms with Crippen molar-refractivity contribution in [3.8, 4) is 6.07 Å². The third-order valence-electron chi connectivity index (χ3n) is 1.08. The highest BCUT2D eigenvalue weighted by Gasteiger charge is 1.96. The largest absolute Gasteiger partial charge is 0.385 e. The molecule has 2 nitrogen and oxygen atoms in total. The maximum absolute atomic E-state index is 8.28. The third-order valence-corrected chi connectivity index (χ3v) is 1.08. The van der Waals surface area contributed by atoms with Crippen LogP contribution in [0, 0.1) is 24.2 Å². The fourth-order valence-electron chi connectivity index (χ4n) is 0.539. The molecular formula is C7H12NO. The van der Waals surface area contributed by atoms with Crippen LogP contribution in [0.25, 0.3) is 0 Å². The summed E-state index contributed by atoms with van der Waals surface area (Å²) in [5.41, 5.74) is 0. The molecule has 0 spiro atoms. The monoisotopic (exact) mass is 126 g/mol. The molecule has 51 valence electrons. The first kappa shape index (κ1) is 8.45. The molecule has 2 heteroatoms. The Hall–Kier alpha value is -0.550. The van der Waals surface area contributed by atoms with E-state index in [0.29, 0.717) is 0 Å². The first-order valence-electron chi connectivity index (χ1n) is 3.03. The summed E-state index contributed by atoms with van der Waals surface area (Å²) >= 11 is 0. The Labute approximate surface area is 56.4 Å². The highest BCUT2D eigenvalue weighted by molar-refractivity contribution is 4.83. The fourth-order valence-corrected chi connectivity index (χ4v) is 0.539. The first-order valence-corrected chi connectivity index (χ1v) is 3.03. The number of hydrogen-bond acceptors (Lipinski definition) is 2. The average molecular weight is 126 g/mol. The van der Waals surface area contributed by atoms with Crippen molar-refractivity contribution in [1.82, 2.24) is 0 Å². The molecule has 0 aliphatic heterocycles. The van der Waals surface area contributed by atoms with Gasteiger partial charge in [0.05, 0.1) is 6.07 Å². The quantitative estimate of drug-likeness (QED) is 0.533. The van der Waals surface area contributed by atoms with Crippen LogP contribution in [0.15, 0.2) is 0 Å². The van der Waals surface area contributed by atoms with Gasteiger partial charge in [0.1, 0.15) is 0 Å². The molecule has 0 amide bonds. The fraction of sp³-hybridized carbons (Fsp3) is 0.714. The lowest BCUT2D eigenvalue weighted by atomic mass is 10.1. The molecule has 0 saturated heterocycles. The second-order valence-electron chi connectivity index (χ2n) is 1.96. The maximum atomic E-state index is 8.28. The van der Waals surface area contributed by atoms with Crippen LogP contribution in [-0.2, 0) is 4.74 Å². The van der Waals surface area contributed by atoms with E-state index in [9.17, 15) is 0 Å². The molecule has 1 unspecified atom stereocenters. The minimum Gasteiger partial charge on any atom is -0.385 e. The summed E-state index contributed by atoms with van der Waals surface area (Å²) < 4.78 is 4.80. The molecule has 1 atom stereocenters. The van der Waals surface area contributed by atoms with E-state index < -0.39 is 0 Å². The molecule has 0 aromatic heterocycles. The smallest absolute Gasteiger partial charge is 0.0655 e. The Morgan fingerprint density at radius 3 is 2.89 bits per heavy atom. The van der Waals surface area contributed by atoms with Crippen LogP contribution in [0.2, 0.25) is 0 Å². The summed E-state index contributed by atoms with van der Waals surface area (Å²) in [6, 6.07) is 2.06. The summed E-state index contributed by atoms with van der Waals surface area (Å²) in [5.74, 6) is -0.0693. The molecule has 1 radical (unpaired) electrons. The van der Waals surface area contributed by atoms with Crippen LogP contribution in [0.1, 0.15) is 12.8 Å². The van der Waals surface area contributed by atoms with E-state index in [2.05, 4.69) is 13.0 Å². The SMILES string of the molecule is [CH2]C(C#N)CCCOC. The van der Waals surface area contributed by atoms with Crippen LogP contribution in [0.4, 0.5) is 0 Å². The van der Waals surface area contributed by atoms with E-state index >= 15 is 0 Å². The topological polar surface area (TPSA) is 33.0 Å². The highest BCUT2D eigenvalue weighted by atomic mass is 16.5. The zero-order chi connectivity index (χ0) is 7.11. The van der Waals surface area contributed by atoms with Gasteiger partial charge in [-0.25, -0.2) is 0 Å². The van der Waals surface area contributed by atoms with Crippen LogP contribution >= 0.6 is 0 Å². The molecule has 0 heterocycles. The Kier molecular flexibility index (Phi) is 5.24. The number of nitrogens with zero attached hydrogens (tertiary/aromatic N) is 1. The standard InChI is InChI=1S/C7H12NO/c1-7(6-8)4-3-5-9-2/h7H,1,3-5H2,2H3. The van der Waals surface area contributed by atoms with Crippen LogP contribution < -0.4 is 0 Å². The summed E-state index contributed by atoms with van der Waals surface area (Å²) in [5, 5.41) is 8.28. The zero-order valence-electron chi connectivity index (χ0n) is 5.76. The number of ether oxygens (including phenoxy) is 1. The van der Waals surface area contributed by atoms with Crippen molar-refractivity contribution in [2.45, 2.75) is 12.8 Å². The van der Waals surface area contributed by atoms with Crippen molar-refractivity contribution in [3.05, 3.63) is 6.92 Å². The van der Waals surface area contributed by atoms with Crippen molar-refractivity contribution in [2.24, 2.45) is 5.92 Å². The van der Waals surface area contributed by atoms with Crippen molar-refractivity contribution in [3.63, 3.8) is 0 Å². The molecule has 0 N–H and O–H groups in total. The van der Waals surface area contributed by atoms with Crippen LogP contribution in [0.5, 0.6) is 0 Å². The normalized spacial score (nSPS) is 12.6. The molecule has 0 aromatic rings. The second kappa shape index (κ2) is 5.58. The molecule has 0 aliphatic carbocycles. The van der Waals surface area contributed by atoms with E-state index in [4.69, 9.17) is 10.00 Å². The van der Waals surface area contributed by atoms with Gasteiger partial charge in [0.25, 0.3) is 0 Å². The summed E-state index contributed by atoms with van der Waals surface area (Å²) in [4.78, 5) is 0. The van der Waals surface area contributed by atoms with Crippen molar-refractivity contribution in [2.75, 3.05) is 13.7 Å². The number of nitriles is 1. The van der Waals surface area contributed by atoms with Gasteiger partial charge in [0.15, 0.2) is 0 Å². The van der Waals surface area contributed by atoms with E-state index in [1.807, 2.05) is 0 Å². The van der Waals surface area contributed by atoms with Gasteiger partial charge in [-0.05, 0) is 19.8 Å². The molecule has 0 aliphatic rings. The van der Waals surface area contributed by atoms with Gasteiger partial charge in [-0.1, -0.05) is 0 Å². The number of methoxy groups -OCH3 is 1. The van der Waals surface area contributed by atoms with Crippen molar-refractivity contribution < 1.29 is 4.74 Å². The van der Waals surface area contributed by atoms with E-state index in [0.717, 1.165) is 19.4 Å². The van der Waals surface area contributed by atoms with Gasteiger partial charge in [-0.2, -0.15) is 5.26 Å². The Bertz CT molecular complexity index is 95.6. The van der Waals surface area contributed by atoms with Gasteiger partial charge in [-0.3, -0.25) is 0 Å². The van der Waals surface area contributed by atoms with Crippen LogP contribution in [-0.4, -0.2) is 13.7 Å². The third kappa shape index (κ3) is 5.32. The minimum atomic E-state index is -0.0693. The molecular weight excluding hydrogens is 114 g/mol. The summed E-state index contributed by atoms with van der Waals surface area (Å²) in [7, 11) is 1.66. The molecule has 0 fully saturated rings. The van der Waals surface area contributed by atoms with Crippen molar-refractivity contribution in [1.29, 1.82) is 5.26 Å². The Balaban J connectivity index is 2.99. The number of rotatable bonds is 4. The van der Waals surface area contributed by atoms with Crippen molar-refractivity contribution >= 4 is 0 Å². The van der Waals surface area contributed by atoms with Gasteiger partial charge in [0, 0.05) is 19.6 Å². The summed E-state index contributed by atoms with van der Waals surface area (Å²) in [6.45, 7) is 4.34. The van der Waals surface area contributed by atoms with E-state index in [1.165, 1.54) is 0 Å². The lowest BCUT2D eigenvalue weighted by Crippen LogP contribution is -1.94. The van der Waals surface area contributed by atoms with Crippen LogP contribution in [0.3, 0.4) is 0 Å². The minimum absolute atomic E-state index is 0.0693. The van der Waals surface area contributed by atoms with Gasteiger partial charge in [0.2, 0.25) is 0 Å². The highest BCUT2D eigenvalue weighted by Crippen LogP contribution is 2.01. The molecule has 0 bridgehead atoms. The van der Waals surface area contributed by atoms with Gasteiger partial charge >= 0.3 is 0 Å². The zero-order valence-corrected chi connectivity index (χ0v) is 5.76. The second-order valence-corrected chi connectivity index (χ2v) is 1.96. The maximum Gasteiger partial charge on any atom is 0.0655 e. The lowest BCUT2D eigenvalue weighted by Gasteiger charge is -1.98. The molecule has 0 saturated carbocycles. The van der Waals surface area contributed by atoms with Gasteiger partial charge in [-0.15, -0.1) is 0 Å². The molecule has 0 aromatic carbocycles. The Morgan fingerprint density at radius 2 is 2.44 bits per heavy atom. The Morgan fingerprint density at radius 1 is 1.78 bits per heavy atom. The van der Waals surface area contributed by atoms with E-state index in [-0.39, 0.29) is 5.92 Å². The lowest BCUT2D eigenvalue weighted by molar-refractivity contribution is 0.191. The first-order chi connectivity index (χ1) is 4.31. The average Bonchev–Trinajstić information content (AvgIpc) is 1.89. The summed E-state index contributed by atoms with van der Waals surface area (Å²) in [6.07, 6.45) is 1.77. The molecule has 9 heavy (non-hydrogen) atoms. The van der Waals surface area contributed by atoms with Gasteiger partial charge < -0.3 is 4.74 Å². The predicted octanol–water partition coefficient (Wildman–Crippen LogP) is 1.39.